The van der Waals surface area contributed by atoms with Crippen LogP contribution in [0.15, 0.2) is 82.0 Å². The van der Waals surface area contributed by atoms with Crippen LogP contribution in [0.2, 0.25) is 0 Å². The average Bonchev–Trinajstić information content (AvgIpc) is 3.25. The molecule has 0 radical (unpaired) electrons. The van der Waals surface area contributed by atoms with Crippen LogP contribution < -0.4 is 15.5 Å². The topological polar surface area (TPSA) is 81.4 Å². The van der Waals surface area contributed by atoms with E-state index in [4.69, 9.17) is 9.15 Å². The number of nitrogens with one attached hydrogen (secondary N) is 1. The number of anilines is 1. The van der Waals surface area contributed by atoms with Crippen molar-refractivity contribution < 1.29 is 13.9 Å². The molecule has 5 aromatic rings. The molecule has 6 nitrogen and oxygen atoms in total. The smallest absolute Gasteiger partial charge is 0.261 e. The third kappa shape index (κ3) is 4.22. The lowest BCUT2D eigenvalue weighted by molar-refractivity contribution is 0.102. The second-order valence-corrected chi connectivity index (χ2v) is 9.24. The number of hydrogen-bond acceptors (Lipinski definition) is 6. The predicted octanol–water partition coefficient (Wildman–Crippen LogP) is 6.46. The molecule has 0 bridgehead atoms. The number of nitrogens with zero attached hydrogens (tertiary/aromatic N) is 1. The van der Waals surface area contributed by atoms with E-state index in [9.17, 15) is 9.59 Å². The molecular formula is C28H22N2O4S. The van der Waals surface area contributed by atoms with Crippen LogP contribution in [0.3, 0.4) is 0 Å². The van der Waals surface area contributed by atoms with Crippen molar-refractivity contribution in [1.82, 2.24) is 4.98 Å². The lowest BCUT2D eigenvalue weighted by Crippen LogP contribution is -2.14. The van der Waals surface area contributed by atoms with Crippen molar-refractivity contribution in [3.63, 3.8) is 0 Å². The van der Waals surface area contributed by atoms with Gasteiger partial charge in [-0.05, 0) is 50.2 Å². The molecule has 0 aliphatic carbocycles. The molecule has 2 heterocycles. The zero-order valence-electron chi connectivity index (χ0n) is 19.4. The summed E-state index contributed by atoms with van der Waals surface area (Å²) in [5.74, 6) is 0.824. The number of benzene rings is 3. The summed E-state index contributed by atoms with van der Waals surface area (Å²) < 4.78 is 11.4. The number of rotatable bonds is 5. The van der Waals surface area contributed by atoms with Gasteiger partial charge in [0, 0.05) is 21.6 Å². The van der Waals surface area contributed by atoms with Gasteiger partial charge >= 0.3 is 0 Å². The van der Waals surface area contributed by atoms with E-state index in [0.29, 0.717) is 21.8 Å². The van der Waals surface area contributed by atoms with Gasteiger partial charge in [0.2, 0.25) is 0 Å². The van der Waals surface area contributed by atoms with Crippen LogP contribution in [0.5, 0.6) is 5.75 Å². The number of amides is 1. The van der Waals surface area contributed by atoms with Crippen LogP contribution in [-0.4, -0.2) is 18.0 Å². The fraction of sp³-hybridized carbons (Fsp3) is 0.107. The van der Waals surface area contributed by atoms with Gasteiger partial charge in [-0.3, -0.25) is 14.9 Å². The third-order valence-corrected chi connectivity index (χ3v) is 6.69. The zero-order chi connectivity index (χ0) is 24.5. The van der Waals surface area contributed by atoms with E-state index >= 15 is 0 Å². The van der Waals surface area contributed by atoms with E-state index in [1.165, 1.54) is 11.3 Å². The van der Waals surface area contributed by atoms with Crippen molar-refractivity contribution >= 4 is 33.3 Å². The standard InChI is InChI=1S/C28H22N2O4S/c1-16-24(31)21-10-7-11-22(26(21)34-25(16)19-8-5-4-6-9-19)27(32)30-28-29-23(17(2)35-28)18-12-14-20(33-3)15-13-18/h4-15H,1-3H3,(H,29,30,32). The predicted molar refractivity (Wildman–Crippen MR) is 139 cm³/mol. The van der Waals surface area contributed by atoms with Gasteiger partial charge in [0.05, 0.1) is 23.8 Å². The van der Waals surface area contributed by atoms with Crippen LogP contribution in [0.4, 0.5) is 5.13 Å². The average molecular weight is 483 g/mol. The Balaban J connectivity index is 1.52. The number of methoxy groups -OCH3 is 1. The van der Waals surface area contributed by atoms with Gasteiger partial charge in [-0.25, -0.2) is 4.98 Å². The minimum atomic E-state index is -0.392. The van der Waals surface area contributed by atoms with Gasteiger partial charge in [0.25, 0.3) is 5.91 Å². The van der Waals surface area contributed by atoms with E-state index in [2.05, 4.69) is 10.3 Å². The summed E-state index contributed by atoms with van der Waals surface area (Å²) in [6, 6.07) is 22.0. The quantitative estimate of drug-likeness (QED) is 0.311. The van der Waals surface area contributed by atoms with E-state index in [-0.39, 0.29) is 16.6 Å². The summed E-state index contributed by atoms with van der Waals surface area (Å²) in [5, 5.41) is 3.71. The summed E-state index contributed by atoms with van der Waals surface area (Å²) in [6.45, 7) is 3.69. The molecule has 0 spiro atoms. The molecule has 174 valence electrons. The number of hydrogen-bond donors (Lipinski definition) is 1. The zero-order valence-corrected chi connectivity index (χ0v) is 20.2. The maximum absolute atomic E-state index is 13.3. The number of para-hydroxylation sites is 1. The van der Waals surface area contributed by atoms with Crippen molar-refractivity contribution in [2.45, 2.75) is 13.8 Å². The SMILES string of the molecule is COc1ccc(-c2nc(NC(=O)c3cccc4c(=O)c(C)c(-c5ccccc5)oc34)sc2C)cc1. The fourth-order valence-electron chi connectivity index (χ4n) is 3.98. The van der Waals surface area contributed by atoms with Crippen molar-refractivity contribution in [2.24, 2.45) is 0 Å². The van der Waals surface area contributed by atoms with E-state index in [0.717, 1.165) is 27.4 Å². The summed E-state index contributed by atoms with van der Waals surface area (Å²) in [5.41, 5.74) is 3.36. The lowest BCUT2D eigenvalue weighted by Gasteiger charge is -2.10. The Morgan fingerprint density at radius 1 is 0.943 bits per heavy atom. The first kappa shape index (κ1) is 22.6. The number of thiazole rings is 1. The number of carbonyl (C=O) groups is 1. The summed E-state index contributed by atoms with van der Waals surface area (Å²) in [6.07, 6.45) is 0. The minimum Gasteiger partial charge on any atom is -0.497 e. The molecule has 0 unspecified atom stereocenters. The maximum atomic E-state index is 13.3. The van der Waals surface area contributed by atoms with Gasteiger partial charge in [-0.15, -0.1) is 11.3 Å². The van der Waals surface area contributed by atoms with Crippen LogP contribution in [0, 0.1) is 13.8 Å². The normalized spacial score (nSPS) is 10.9. The number of ether oxygens (including phenoxy) is 1. The van der Waals surface area contributed by atoms with Crippen LogP contribution in [0.1, 0.15) is 20.8 Å². The molecule has 2 aromatic heterocycles. The van der Waals surface area contributed by atoms with E-state index in [1.807, 2.05) is 61.5 Å². The fourth-order valence-corrected chi connectivity index (χ4v) is 4.82. The molecular weight excluding hydrogens is 460 g/mol. The highest BCUT2D eigenvalue weighted by atomic mass is 32.1. The Hall–Kier alpha value is -4.23. The van der Waals surface area contributed by atoms with Gasteiger partial charge in [-0.2, -0.15) is 0 Å². The van der Waals surface area contributed by atoms with Crippen molar-refractivity contribution in [1.29, 1.82) is 0 Å². The van der Waals surface area contributed by atoms with Crippen molar-refractivity contribution in [3.05, 3.63) is 99.0 Å². The number of fused-ring (bicyclic) bond motifs is 1. The second kappa shape index (κ2) is 9.19. The van der Waals surface area contributed by atoms with E-state index in [1.54, 1.807) is 32.2 Å². The third-order valence-electron chi connectivity index (χ3n) is 5.81. The van der Waals surface area contributed by atoms with Crippen molar-refractivity contribution in [3.8, 4) is 28.3 Å². The Morgan fingerprint density at radius 3 is 2.40 bits per heavy atom. The lowest BCUT2D eigenvalue weighted by atomic mass is 10.0. The summed E-state index contributed by atoms with van der Waals surface area (Å²) >= 11 is 1.39. The highest BCUT2D eigenvalue weighted by molar-refractivity contribution is 7.16. The molecule has 0 atom stereocenters. The first-order valence-electron chi connectivity index (χ1n) is 11.0. The second-order valence-electron chi connectivity index (χ2n) is 8.04. The molecule has 1 N–H and O–H groups in total. The largest absolute Gasteiger partial charge is 0.497 e. The molecule has 0 saturated heterocycles. The first-order chi connectivity index (χ1) is 17.0. The van der Waals surface area contributed by atoms with Crippen LogP contribution >= 0.6 is 11.3 Å². The number of aryl methyl sites for hydroxylation is 1. The molecule has 0 fully saturated rings. The van der Waals surface area contributed by atoms with Crippen LogP contribution in [-0.2, 0) is 0 Å². The molecule has 0 saturated carbocycles. The maximum Gasteiger partial charge on any atom is 0.261 e. The van der Waals surface area contributed by atoms with Gasteiger partial charge < -0.3 is 9.15 Å². The molecule has 1 amide bonds. The Morgan fingerprint density at radius 2 is 1.69 bits per heavy atom. The molecule has 7 heteroatoms. The van der Waals surface area contributed by atoms with Gasteiger partial charge in [-0.1, -0.05) is 36.4 Å². The monoisotopic (exact) mass is 482 g/mol. The Labute approximate surface area is 205 Å². The van der Waals surface area contributed by atoms with Gasteiger partial charge in [0.1, 0.15) is 11.5 Å². The molecule has 35 heavy (non-hydrogen) atoms. The molecule has 5 rings (SSSR count). The molecule has 0 aliphatic heterocycles. The Bertz CT molecular complexity index is 1600. The van der Waals surface area contributed by atoms with Crippen molar-refractivity contribution in [2.75, 3.05) is 12.4 Å². The highest BCUT2D eigenvalue weighted by Crippen LogP contribution is 2.32. The number of aromatic nitrogens is 1. The minimum absolute atomic E-state index is 0.161. The molecule has 3 aromatic carbocycles. The first-order valence-corrected chi connectivity index (χ1v) is 11.8. The van der Waals surface area contributed by atoms with Crippen LogP contribution in [0.25, 0.3) is 33.6 Å². The summed E-state index contributed by atoms with van der Waals surface area (Å²) in [7, 11) is 1.62. The Kier molecular flexibility index (Phi) is 5.93. The van der Waals surface area contributed by atoms with E-state index < -0.39 is 5.91 Å². The summed E-state index contributed by atoms with van der Waals surface area (Å²) in [4.78, 5) is 32.0. The molecule has 0 aliphatic rings. The number of carbonyl (C=O) groups excluding carboxylic acids is 1. The highest BCUT2D eigenvalue weighted by Gasteiger charge is 2.20. The van der Waals surface area contributed by atoms with Gasteiger partial charge in [0.15, 0.2) is 16.1 Å².